The van der Waals surface area contributed by atoms with Gasteiger partial charge in [0.1, 0.15) is 5.75 Å². The van der Waals surface area contributed by atoms with Gasteiger partial charge in [0.15, 0.2) is 12.4 Å². The minimum absolute atomic E-state index is 0.0431. The van der Waals surface area contributed by atoms with Gasteiger partial charge in [-0.2, -0.15) is 4.98 Å². The van der Waals surface area contributed by atoms with Crippen molar-refractivity contribution < 1.29 is 18.8 Å². The Kier molecular flexibility index (Phi) is 9.31. The minimum Gasteiger partial charge on any atom is -0.483 e. The van der Waals surface area contributed by atoms with E-state index in [-0.39, 0.29) is 24.5 Å². The molecule has 1 atom stereocenters. The lowest BCUT2D eigenvalue weighted by Gasteiger charge is -2.21. The summed E-state index contributed by atoms with van der Waals surface area (Å²) in [4.78, 5) is 30.1. The predicted molar refractivity (Wildman–Crippen MR) is 113 cm³/mol. The summed E-state index contributed by atoms with van der Waals surface area (Å²) in [5.41, 5.74) is 0.862. The van der Waals surface area contributed by atoms with E-state index in [4.69, 9.17) is 9.26 Å². The van der Waals surface area contributed by atoms with Gasteiger partial charge in [-0.05, 0) is 25.3 Å². The molecule has 1 N–H and O–H groups in total. The summed E-state index contributed by atoms with van der Waals surface area (Å²) in [7, 11) is 3.37. The molecule has 0 saturated carbocycles. The number of ether oxygens (including phenoxy) is 1. The van der Waals surface area contributed by atoms with Crippen molar-refractivity contribution in [2.24, 2.45) is 0 Å². The molecule has 2 rings (SSSR count). The first-order valence-electron chi connectivity index (χ1n) is 10.5. The van der Waals surface area contributed by atoms with Crippen LogP contribution in [0.2, 0.25) is 0 Å². The monoisotopic (exact) mass is 416 g/mol. The minimum atomic E-state index is -0.192. The van der Waals surface area contributed by atoms with Gasteiger partial charge in [-0.3, -0.25) is 9.59 Å². The molecule has 0 aliphatic heterocycles. The van der Waals surface area contributed by atoms with Gasteiger partial charge < -0.3 is 19.5 Å². The molecule has 0 aliphatic carbocycles. The highest BCUT2D eigenvalue weighted by molar-refractivity contribution is 5.77. The topological polar surface area (TPSA) is 97.6 Å². The fourth-order valence-electron chi connectivity index (χ4n) is 2.95. The van der Waals surface area contributed by atoms with Crippen molar-refractivity contribution in [3.05, 3.63) is 41.5 Å². The van der Waals surface area contributed by atoms with E-state index in [1.807, 2.05) is 31.2 Å². The first-order valence-corrected chi connectivity index (χ1v) is 10.5. The maximum Gasteiger partial charge on any atom is 0.259 e. The van der Waals surface area contributed by atoms with E-state index in [2.05, 4.69) is 22.4 Å². The SMILES string of the molecule is CCCc1noc(CCCC(=O)NC(CC)c2ccccc2OCC(=O)N(C)C)n1. The number of hydrogen-bond acceptors (Lipinski definition) is 6. The van der Waals surface area contributed by atoms with Crippen LogP contribution in [0.25, 0.3) is 0 Å². The lowest BCUT2D eigenvalue weighted by Crippen LogP contribution is -2.30. The summed E-state index contributed by atoms with van der Waals surface area (Å²) in [5, 5.41) is 6.99. The van der Waals surface area contributed by atoms with E-state index in [1.54, 1.807) is 14.1 Å². The van der Waals surface area contributed by atoms with Crippen molar-refractivity contribution in [3.63, 3.8) is 0 Å². The van der Waals surface area contributed by atoms with Crippen LogP contribution in [-0.4, -0.2) is 47.6 Å². The molecule has 8 nitrogen and oxygen atoms in total. The fraction of sp³-hybridized carbons (Fsp3) is 0.545. The standard InChI is InChI=1S/C22H32N4O4/c1-5-10-19-24-21(30-25-19)14-9-13-20(27)23-17(6-2)16-11-7-8-12-18(16)29-15-22(28)26(3)4/h7-8,11-12,17H,5-6,9-10,13-15H2,1-4H3,(H,23,27). The predicted octanol–water partition coefficient (Wildman–Crippen LogP) is 3.08. The summed E-state index contributed by atoms with van der Waals surface area (Å²) < 4.78 is 10.9. The largest absolute Gasteiger partial charge is 0.483 e. The fourth-order valence-corrected chi connectivity index (χ4v) is 2.95. The second-order valence-corrected chi connectivity index (χ2v) is 7.35. The van der Waals surface area contributed by atoms with Gasteiger partial charge in [0.2, 0.25) is 11.8 Å². The third kappa shape index (κ3) is 7.17. The van der Waals surface area contributed by atoms with Gasteiger partial charge in [0.05, 0.1) is 6.04 Å². The Bertz CT molecular complexity index is 819. The molecule has 2 amide bonds. The number of likely N-dealkylation sites (N-methyl/N-ethyl adjacent to an activating group) is 1. The number of rotatable bonds is 12. The van der Waals surface area contributed by atoms with Crippen LogP contribution in [0.5, 0.6) is 5.75 Å². The lowest BCUT2D eigenvalue weighted by atomic mass is 10.0. The third-order valence-electron chi connectivity index (χ3n) is 4.67. The van der Waals surface area contributed by atoms with Crippen LogP contribution < -0.4 is 10.1 Å². The zero-order chi connectivity index (χ0) is 21.9. The maximum absolute atomic E-state index is 12.5. The highest BCUT2D eigenvalue weighted by Gasteiger charge is 2.18. The van der Waals surface area contributed by atoms with Gasteiger partial charge in [0.25, 0.3) is 5.91 Å². The average Bonchev–Trinajstić information content (AvgIpc) is 3.18. The molecule has 8 heteroatoms. The summed E-state index contributed by atoms with van der Waals surface area (Å²) in [5.74, 6) is 1.73. The molecule has 0 aliphatic rings. The lowest BCUT2D eigenvalue weighted by molar-refractivity contribution is -0.130. The first kappa shape index (κ1) is 23.4. The number of nitrogens with one attached hydrogen (secondary N) is 1. The van der Waals surface area contributed by atoms with Crippen LogP contribution in [0.1, 0.15) is 62.9 Å². The summed E-state index contributed by atoms with van der Waals surface area (Å²) in [6, 6.07) is 7.29. The highest BCUT2D eigenvalue weighted by atomic mass is 16.5. The van der Waals surface area contributed by atoms with E-state index in [0.29, 0.717) is 43.1 Å². The Morgan fingerprint density at radius 1 is 1.20 bits per heavy atom. The number of aromatic nitrogens is 2. The molecule has 0 saturated heterocycles. The van der Waals surface area contributed by atoms with Gasteiger partial charge >= 0.3 is 0 Å². The van der Waals surface area contributed by atoms with Crippen LogP contribution in [0, 0.1) is 0 Å². The van der Waals surface area contributed by atoms with Crippen molar-refractivity contribution in [2.75, 3.05) is 20.7 Å². The maximum atomic E-state index is 12.5. The molecule has 1 unspecified atom stereocenters. The van der Waals surface area contributed by atoms with Crippen LogP contribution in [0.15, 0.2) is 28.8 Å². The van der Waals surface area contributed by atoms with Gasteiger partial charge in [-0.1, -0.05) is 37.2 Å². The molecule has 1 aromatic carbocycles. The van der Waals surface area contributed by atoms with Crippen LogP contribution in [0.3, 0.4) is 0 Å². The van der Waals surface area contributed by atoms with Crippen molar-refractivity contribution in [1.29, 1.82) is 0 Å². The van der Waals surface area contributed by atoms with Crippen molar-refractivity contribution in [3.8, 4) is 5.75 Å². The molecule has 0 bridgehead atoms. The molecular weight excluding hydrogens is 384 g/mol. The normalized spacial score (nSPS) is 11.7. The molecule has 0 spiro atoms. The second kappa shape index (κ2) is 11.9. The summed E-state index contributed by atoms with van der Waals surface area (Å²) in [6.07, 6.45) is 4.04. The van der Waals surface area contributed by atoms with Crippen LogP contribution >= 0.6 is 0 Å². The smallest absolute Gasteiger partial charge is 0.259 e. The van der Waals surface area contributed by atoms with E-state index in [9.17, 15) is 9.59 Å². The number of benzene rings is 1. The van der Waals surface area contributed by atoms with Gasteiger partial charge in [0, 0.05) is 38.9 Å². The zero-order valence-electron chi connectivity index (χ0n) is 18.3. The molecule has 0 radical (unpaired) electrons. The Labute approximate surface area is 178 Å². The van der Waals surface area contributed by atoms with Crippen molar-refractivity contribution >= 4 is 11.8 Å². The molecular formula is C22H32N4O4. The van der Waals surface area contributed by atoms with E-state index >= 15 is 0 Å². The number of hydrogen-bond donors (Lipinski definition) is 1. The number of para-hydroxylation sites is 1. The third-order valence-corrected chi connectivity index (χ3v) is 4.67. The number of carbonyl (C=O) groups is 2. The van der Waals surface area contributed by atoms with E-state index < -0.39 is 0 Å². The molecule has 30 heavy (non-hydrogen) atoms. The molecule has 1 heterocycles. The van der Waals surface area contributed by atoms with Gasteiger partial charge in [-0.15, -0.1) is 0 Å². The van der Waals surface area contributed by atoms with E-state index in [1.165, 1.54) is 4.90 Å². The molecule has 0 fully saturated rings. The highest BCUT2D eigenvalue weighted by Crippen LogP contribution is 2.27. The number of aryl methyl sites for hydroxylation is 2. The van der Waals surface area contributed by atoms with Crippen molar-refractivity contribution in [2.45, 2.75) is 58.4 Å². The molecule has 1 aromatic heterocycles. The number of amides is 2. The zero-order valence-corrected chi connectivity index (χ0v) is 18.3. The van der Waals surface area contributed by atoms with Gasteiger partial charge in [-0.25, -0.2) is 0 Å². The molecule has 164 valence electrons. The Hall–Kier alpha value is -2.90. The van der Waals surface area contributed by atoms with Crippen molar-refractivity contribution in [1.82, 2.24) is 20.4 Å². The number of carbonyl (C=O) groups excluding carboxylic acids is 2. The van der Waals surface area contributed by atoms with E-state index in [0.717, 1.165) is 18.4 Å². The Morgan fingerprint density at radius 2 is 1.97 bits per heavy atom. The van der Waals surface area contributed by atoms with Crippen LogP contribution in [0.4, 0.5) is 0 Å². The quantitative estimate of drug-likeness (QED) is 0.571. The summed E-state index contributed by atoms with van der Waals surface area (Å²) in [6.45, 7) is 4.02. The first-order chi connectivity index (χ1) is 14.4. The Morgan fingerprint density at radius 3 is 2.67 bits per heavy atom. The second-order valence-electron chi connectivity index (χ2n) is 7.35. The van der Waals surface area contributed by atoms with Crippen LogP contribution in [-0.2, 0) is 22.4 Å². The number of nitrogens with zero attached hydrogens (tertiary/aromatic N) is 3. The average molecular weight is 417 g/mol. The Balaban J connectivity index is 1.89. The summed E-state index contributed by atoms with van der Waals surface area (Å²) >= 11 is 0. The molecule has 2 aromatic rings.